The number of para-hydroxylation sites is 4. The van der Waals surface area contributed by atoms with Gasteiger partial charge in [-0.1, -0.05) is 24.3 Å². The van der Waals surface area contributed by atoms with Crippen molar-refractivity contribution >= 4 is 44.4 Å². The molecule has 10 heteroatoms. The molecule has 0 aliphatic rings. The fourth-order valence-electron chi connectivity index (χ4n) is 3.00. The van der Waals surface area contributed by atoms with Crippen LogP contribution < -0.4 is 29.6 Å². The first kappa shape index (κ1) is 24.1. The lowest BCUT2D eigenvalue weighted by molar-refractivity contribution is 0.342. The smallest absolute Gasteiger partial charge is 0.262 e. The van der Waals surface area contributed by atoms with Gasteiger partial charge in [0, 0.05) is 6.07 Å². The number of thiocarbonyl (C=S) groups is 1. The van der Waals surface area contributed by atoms with Crippen molar-refractivity contribution in [2.24, 2.45) is 0 Å². The minimum Gasteiger partial charge on any atom is -0.495 e. The maximum atomic E-state index is 12.9. The molecule has 0 fully saturated rings. The van der Waals surface area contributed by atoms with Crippen LogP contribution in [0.2, 0.25) is 0 Å². The predicted molar refractivity (Wildman–Crippen MR) is 134 cm³/mol. The van der Waals surface area contributed by atoms with Crippen molar-refractivity contribution in [2.75, 3.05) is 36.2 Å². The third-order valence-corrected chi connectivity index (χ3v) is 6.09. The van der Waals surface area contributed by atoms with Gasteiger partial charge in [-0.05, 0) is 55.5 Å². The van der Waals surface area contributed by atoms with Gasteiger partial charge in [0.25, 0.3) is 10.0 Å². The Balaban J connectivity index is 1.79. The fourth-order valence-corrected chi connectivity index (χ4v) is 4.31. The number of ether oxygens (including phenoxy) is 3. The molecule has 3 aromatic rings. The molecule has 0 saturated heterocycles. The van der Waals surface area contributed by atoms with Gasteiger partial charge in [-0.3, -0.25) is 4.72 Å². The van der Waals surface area contributed by atoms with Gasteiger partial charge < -0.3 is 24.8 Å². The maximum absolute atomic E-state index is 12.9. The van der Waals surface area contributed by atoms with Crippen molar-refractivity contribution in [2.45, 2.75) is 11.8 Å². The van der Waals surface area contributed by atoms with Crippen LogP contribution in [-0.2, 0) is 10.0 Å². The zero-order valence-electron chi connectivity index (χ0n) is 18.4. The molecule has 33 heavy (non-hydrogen) atoms. The highest BCUT2D eigenvalue weighted by molar-refractivity contribution is 7.92. The summed E-state index contributed by atoms with van der Waals surface area (Å²) in [4.78, 5) is 0.0244. The number of nitrogens with one attached hydrogen (secondary N) is 3. The van der Waals surface area contributed by atoms with Crippen LogP contribution in [0.25, 0.3) is 0 Å². The molecule has 0 aromatic heterocycles. The second-order valence-electron chi connectivity index (χ2n) is 6.68. The summed E-state index contributed by atoms with van der Waals surface area (Å²) in [5.74, 6) is 1.38. The van der Waals surface area contributed by atoms with Crippen LogP contribution in [0.15, 0.2) is 71.6 Å². The Kier molecular flexibility index (Phi) is 7.96. The zero-order valence-corrected chi connectivity index (χ0v) is 20.0. The van der Waals surface area contributed by atoms with E-state index in [2.05, 4.69) is 15.4 Å². The molecule has 0 amide bonds. The Morgan fingerprint density at radius 2 is 1.39 bits per heavy atom. The van der Waals surface area contributed by atoms with Crippen LogP contribution in [0.1, 0.15) is 6.92 Å². The zero-order chi connectivity index (χ0) is 23.8. The van der Waals surface area contributed by atoms with E-state index in [1.807, 2.05) is 31.2 Å². The number of hydrogen-bond acceptors (Lipinski definition) is 6. The van der Waals surface area contributed by atoms with Crippen molar-refractivity contribution in [3.8, 4) is 17.2 Å². The molecule has 0 radical (unpaired) electrons. The topological polar surface area (TPSA) is 97.9 Å². The second-order valence-corrected chi connectivity index (χ2v) is 8.77. The van der Waals surface area contributed by atoms with Crippen molar-refractivity contribution in [3.63, 3.8) is 0 Å². The summed E-state index contributed by atoms with van der Waals surface area (Å²) in [6.45, 7) is 2.42. The van der Waals surface area contributed by atoms with Crippen LogP contribution in [0.3, 0.4) is 0 Å². The summed E-state index contributed by atoms with van der Waals surface area (Å²) in [7, 11) is -0.965. The van der Waals surface area contributed by atoms with E-state index in [9.17, 15) is 8.42 Å². The molecule has 3 rings (SSSR count). The summed E-state index contributed by atoms with van der Waals surface area (Å²) >= 11 is 5.41. The molecule has 0 bridgehead atoms. The van der Waals surface area contributed by atoms with Gasteiger partial charge >= 0.3 is 0 Å². The average molecular weight is 488 g/mol. The molecule has 0 saturated carbocycles. The molecule has 8 nitrogen and oxygen atoms in total. The van der Waals surface area contributed by atoms with Gasteiger partial charge in [0.2, 0.25) is 0 Å². The van der Waals surface area contributed by atoms with E-state index in [1.165, 1.54) is 26.4 Å². The molecular weight excluding hydrogens is 462 g/mol. The summed E-state index contributed by atoms with van der Waals surface area (Å²) in [5.41, 5.74) is 1.54. The average Bonchev–Trinajstić information content (AvgIpc) is 2.80. The Hall–Kier alpha value is -3.50. The van der Waals surface area contributed by atoms with Crippen molar-refractivity contribution in [1.82, 2.24) is 0 Å². The van der Waals surface area contributed by atoms with E-state index in [1.54, 1.807) is 30.3 Å². The second kappa shape index (κ2) is 10.9. The third-order valence-electron chi connectivity index (χ3n) is 4.52. The van der Waals surface area contributed by atoms with Crippen molar-refractivity contribution in [3.05, 3.63) is 66.7 Å². The standard InChI is InChI=1S/C23H25N3O5S2/c1-4-31-21-12-8-5-9-17(21)24-23(32)25-18-14-13-16(15-22(18)30-3)33(27,28)26-19-10-6-7-11-20(19)29-2/h5-15,26H,4H2,1-3H3,(H2,24,25,32). The molecule has 3 N–H and O–H groups in total. The van der Waals surface area contributed by atoms with Crippen LogP contribution in [-0.4, -0.2) is 34.4 Å². The molecule has 0 aliphatic heterocycles. The van der Waals surface area contributed by atoms with Crippen molar-refractivity contribution in [1.29, 1.82) is 0 Å². The lowest BCUT2D eigenvalue weighted by Crippen LogP contribution is -2.20. The van der Waals surface area contributed by atoms with E-state index in [4.69, 9.17) is 26.4 Å². The van der Waals surface area contributed by atoms with Crippen molar-refractivity contribution < 1.29 is 22.6 Å². The highest BCUT2D eigenvalue weighted by Gasteiger charge is 2.19. The molecule has 0 aliphatic carbocycles. The highest BCUT2D eigenvalue weighted by Crippen LogP contribution is 2.31. The predicted octanol–water partition coefficient (Wildman–Crippen LogP) is 4.71. The summed E-state index contributed by atoms with van der Waals surface area (Å²) in [6, 6.07) is 18.6. The number of anilines is 3. The molecule has 0 heterocycles. The van der Waals surface area contributed by atoms with E-state index in [-0.39, 0.29) is 4.90 Å². The van der Waals surface area contributed by atoms with Gasteiger partial charge in [0.05, 0.1) is 42.8 Å². The van der Waals surface area contributed by atoms with E-state index in [0.29, 0.717) is 46.0 Å². The first-order chi connectivity index (χ1) is 15.9. The number of rotatable bonds is 9. The van der Waals surface area contributed by atoms with Crippen LogP contribution >= 0.6 is 12.2 Å². The molecule has 0 spiro atoms. The number of benzene rings is 3. The summed E-state index contributed by atoms with van der Waals surface area (Å²) < 4.78 is 44.6. The molecule has 174 valence electrons. The minimum absolute atomic E-state index is 0.0244. The lowest BCUT2D eigenvalue weighted by Gasteiger charge is -2.17. The van der Waals surface area contributed by atoms with Gasteiger partial charge in [-0.2, -0.15) is 0 Å². The Morgan fingerprint density at radius 1 is 0.818 bits per heavy atom. The molecule has 3 aromatic carbocycles. The largest absolute Gasteiger partial charge is 0.495 e. The van der Waals surface area contributed by atoms with E-state index in [0.717, 1.165) is 0 Å². The number of sulfonamides is 1. The lowest BCUT2D eigenvalue weighted by atomic mass is 10.3. The maximum Gasteiger partial charge on any atom is 0.262 e. The van der Waals surface area contributed by atoms with Gasteiger partial charge in [0.15, 0.2) is 5.11 Å². The van der Waals surface area contributed by atoms with E-state index < -0.39 is 10.0 Å². The van der Waals surface area contributed by atoms with Gasteiger partial charge in [0.1, 0.15) is 17.2 Å². The fraction of sp³-hybridized carbons (Fsp3) is 0.174. The third kappa shape index (κ3) is 6.05. The first-order valence-electron chi connectivity index (χ1n) is 10.0. The Morgan fingerprint density at radius 3 is 2.03 bits per heavy atom. The van der Waals surface area contributed by atoms with Crippen LogP contribution in [0.4, 0.5) is 17.1 Å². The minimum atomic E-state index is -3.89. The van der Waals surface area contributed by atoms with E-state index >= 15 is 0 Å². The molecule has 0 atom stereocenters. The normalized spacial score (nSPS) is 10.8. The first-order valence-corrected chi connectivity index (χ1v) is 11.9. The number of hydrogen-bond donors (Lipinski definition) is 3. The highest BCUT2D eigenvalue weighted by atomic mass is 32.2. The summed E-state index contributed by atoms with van der Waals surface area (Å²) in [6.07, 6.45) is 0. The van der Waals surface area contributed by atoms with Gasteiger partial charge in [-0.15, -0.1) is 0 Å². The Bertz CT molecular complexity index is 1230. The quantitative estimate of drug-likeness (QED) is 0.373. The molecular formula is C23H25N3O5S2. The van der Waals surface area contributed by atoms with Crippen LogP contribution in [0.5, 0.6) is 17.2 Å². The summed E-state index contributed by atoms with van der Waals surface area (Å²) in [5, 5.41) is 6.41. The van der Waals surface area contributed by atoms with Gasteiger partial charge in [-0.25, -0.2) is 8.42 Å². The Labute approximate surface area is 198 Å². The SMILES string of the molecule is CCOc1ccccc1NC(=S)Nc1ccc(S(=O)(=O)Nc2ccccc2OC)cc1OC. The molecule has 0 unspecified atom stereocenters. The van der Waals surface area contributed by atoms with Crippen LogP contribution in [0, 0.1) is 0 Å². The number of methoxy groups -OCH3 is 2. The monoisotopic (exact) mass is 487 g/mol.